The molecule has 2 nitrogen and oxygen atoms in total. The highest BCUT2D eigenvalue weighted by Crippen LogP contribution is 2.04. The van der Waals surface area contributed by atoms with Gasteiger partial charge in [0.1, 0.15) is 5.82 Å². The molecule has 2 heteroatoms. The number of rotatable bonds is 3. The Bertz CT molecular complexity index is 399. The number of hydrogen-bond donors (Lipinski definition) is 0. The first-order chi connectivity index (χ1) is 6.81. The molecule has 0 N–H and O–H groups in total. The number of terminal acetylenes is 3. The van der Waals surface area contributed by atoms with Crippen molar-refractivity contribution in [2.45, 2.75) is 19.4 Å². The molecule has 0 atom stereocenters. The molecule has 0 aromatic carbocycles. The minimum Gasteiger partial charge on any atom is -0.322 e. The van der Waals surface area contributed by atoms with Gasteiger partial charge < -0.3 is 4.57 Å². The topological polar surface area (TPSA) is 17.8 Å². The predicted octanol–water partition coefficient (Wildman–Crippen LogP) is 0.868. The maximum atomic E-state index is 5.22. The molecule has 0 aliphatic heterocycles. The molecular weight excluding hydrogens is 172 g/mol. The second-order valence-electron chi connectivity index (χ2n) is 2.74. The van der Waals surface area contributed by atoms with Gasteiger partial charge in [0.15, 0.2) is 0 Å². The maximum absolute atomic E-state index is 5.22. The molecule has 14 heavy (non-hydrogen) atoms. The highest BCUT2D eigenvalue weighted by Gasteiger charge is 2.04. The molecule has 1 aromatic heterocycles. The number of nitrogens with zero attached hydrogens (tertiary/aromatic N) is 2. The van der Waals surface area contributed by atoms with Gasteiger partial charge in [0.2, 0.25) is 0 Å². The second kappa shape index (κ2) is 4.80. The van der Waals surface area contributed by atoms with E-state index < -0.39 is 0 Å². The third kappa shape index (κ3) is 2.19. The van der Waals surface area contributed by atoms with Crippen LogP contribution in [0.4, 0.5) is 0 Å². The number of imidazole rings is 1. The molecule has 0 spiro atoms. The maximum Gasteiger partial charge on any atom is 0.121 e. The summed E-state index contributed by atoms with van der Waals surface area (Å²) in [4.78, 5) is 4.29. The normalized spacial score (nSPS) is 8.64. The van der Waals surface area contributed by atoms with Gasteiger partial charge in [-0.3, -0.25) is 0 Å². The largest absolute Gasteiger partial charge is 0.322 e. The summed E-state index contributed by atoms with van der Waals surface area (Å²) in [5.74, 6) is 8.41. The van der Waals surface area contributed by atoms with E-state index in [1.807, 2.05) is 10.8 Å². The fraction of sp³-hybridized carbons (Fsp3) is 0.250. The van der Waals surface area contributed by atoms with Crippen molar-refractivity contribution in [3.8, 4) is 37.0 Å². The van der Waals surface area contributed by atoms with Gasteiger partial charge >= 0.3 is 0 Å². The van der Waals surface area contributed by atoms with Gasteiger partial charge in [0.05, 0.1) is 25.1 Å². The van der Waals surface area contributed by atoms with E-state index >= 15 is 0 Å². The molecule has 1 heterocycles. The molecule has 0 bridgehead atoms. The second-order valence-corrected chi connectivity index (χ2v) is 2.74. The van der Waals surface area contributed by atoms with Crippen LogP contribution in [-0.4, -0.2) is 9.55 Å². The summed E-state index contributed by atoms with van der Waals surface area (Å²) >= 11 is 0. The third-order valence-electron chi connectivity index (χ3n) is 1.71. The van der Waals surface area contributed by atoms with Crippen LogP contribution in [0.15, 0.2) is 6.20 Å². The lowest BCUT2D eigenvalue weighted by atomic mass is 10.3. The van der Waals surface area contributed by atoms with E-state index in [9.17, 15) is 0 Å². The quantitative estimate of drug-likeness (QED) is 0.634. The van der Waals surface area contributed by atoms with Crippen molar-refractivity contribution in [2.75, 3.05) is 0 Å². The van der Waals surface area contributed by atoms with E-state index in [0.29, 0.717) is 19.4 Å². The Morgan fingerprint density at radius 1 is 1.14 bits per heavy atom. The highest BCUT2D eigenvalue weighted by molar-refractivity contribution is 5.14. The molecule has 0 radical (unpaired) electrons. The van der Waals surface area contributed by atoms with Crippen LogP contribution >= 0.6 is 0 Å². The molecule has 0 aliphatic carbocycles. The average molecular weight is 182 g/mol. The fourth-order valence-electron chi connectivity index (χ4n) is 1.17. The van der Waals surface area contributed by atoms with Crippen molar-refractivity contribution < 1.29 is 0 Å². The van der Waals surface area contributed by atoms with Gasteiger partial charge in [-0.2, -0.15) is 0 Å². The summed E-state index contributed by atoms with van der Waals surface area (Å²) in [6, 6.07) is 0. The summed E-state index contributed by atoms with van der Waals surface area (Å²) in [5, 5.41) is 0. The lowest BCUT2D eigenvalue weighted by Gasteiger charge is -1.98. The van der Waals surface area contributed by atoms with Crippen LogP contribution in [0.2, 0.25) is 0 Å². The Hall–Kier alpha value is -2.11. The Morgan fingerprint density at radius 2 is 1.86 bits per heavy atom. The van der Waals surface area contributed by atoms with Gasteiger partial charge in [-0.15, -0.1) is 25.2 Å². The Balaban J connectivity index is 2.96. The molecule has 0 aliphatic rings. The van der Waals surface area contributed by atoms with Crippen LogP contribution in [0.3, 0.4) is 0 Å². The summed E-state index contributed by atoms with van der Waals surface area (Å²) in [6.07, 6.45) is 18.5. The highest BCUT2D eigenvalue weighted by atomic mass is 15.1. The minimum atomic E-state index is 0.478. The molecule has 68 valence electrons. The monoisotopic (exact) mass is 182 g/mol. The molecule has 0 amide bonds. The zero-order chi connectivity index (χ0) is 10.4. The van der Waals surface area contributed by atoms with Crippen LogP contribution in [0.1, 0.15) is 11.5 Å². The van der Waals surface area contributed by atoms with Gasteiger partial charge in [0.25, 0.3) is 0 Å². The number of aromatic nitrogens is 2. The van der Waals surface area contributed by atoms with E-state index in [0.717, 1.165) is 11.5 Å². The van der Waals surface area contributed by atoms with Crippen molar-refractivity contribution in [3.05, 3.63) is 17.7 Å². The standard InChI is InChI=1S/C12H10N2/c1-4-7-11-10-14(9-6-3)12(13-11)8-5-2/h1-3,10H,7-9H2. The van der Waals surface area contributed by atoms with E-state index in [1.165, 1.54) is 0 Å². The molecule has 0 saturated heterocycles. The summed E-state index contributed by atoms with van der Waals surface area (Å²) in [6.45, 7) is 0.481. The summed E-state index contributed by atoms with van der Waals surface area (Å²) in [5.41, 5.74) is 0.841. The Kier molecular flexibility index (Phi) is 3.42. The van der Waals surface area contributed by atoms with E-state index in [2.05, 4.69) is 22.7 Å². The van der Waals surface area contributed by atoms with Crippen molar-refractivity contribution in [1.82, 2.24) is 9.55 Å². The minimum absolute atomic E-state index is 0.478. The van der Waals surface area contributed by atoms with Gasteiger partial charge in [-0.25, -0.2) is 4.98 Å². The smallest absolute Gasteiger partial charge is 0.121 e. The summed E-state index contributed by atoms with van der Waals surface area (Å²) < 4.78 is 1.85. The molecule has 0 saturated carbocycles. The van der Waals surface area contributed by atoms with E-state index in [1.54, 1.807) is 0 Å². The molecular formula is C12H10N2. The SMILES string of the molecule is C#CCc1cn(CC#C)c(CC#C)n1. The third-order valence-corrected chi connectivity index (χ3v) is 1.71. The van der Waals surface area contributed by atoms with Crippen molar-refractivity contribution in [2.24, 2.45) is 0 Å². The molecule has 0 unspecified atom stereocenters. The first kappa shape index (κ1) is 9.97. The summed E-state index contributed by atoms with van der Waals surface area (Å²) in [7, 11) is 0. The van der Waals surface area contributed by atoms with Crippen molar-refractivity contribution in [3.63, 3.8) is 0 Å². The lowest BCUT2D eigenvalue weighted by Crippen LogP contribution is -2.00. The van der Waals surface area contributed by atoms with Crippen molar-refractivity contribution >= 4 is 0 Å². The zero-order valence-electron chi connectivity index (χ0n) is 7.83. The van der Waals surface area contributed by atoms with E-state index in [-0.39, 0.29) is 0 Å². The van der Waals surface area contributed by atoms with Gasteiger partial charge in [-0.05, 0) is 0 Å². The Morgan fingerprint density at radius 3 is 2.43 bits per heavy atom. The van der Waals surface area contributed by atoms with Gasteiger partial charge in [-0.1, -0.05) is 11.8 Å². The van der Waals surface area contributed by atoms with Crippen LogP contribution in [0.5, 0.6) is 0 Å². The molecule has 1 aromatic rings. The van der Waals surface area contributed by atoms with Crippen LogP contribution in [0.25, 0.3) is 0 Å². The number of hydrogen-bond acceptors (Lipinski definition) is 1. The zero-order valence-corrected chi connectivity index (χ0v) is 7.83. The predicted molar refractivity (Wildman–Crippen MR) is 56.1 cm³/mol. The first-order valence-electron chi connectivity index (χ1n) is 4.17. The molecule has 0 fully saturated rings. The van der Waals surface area contributed by atoms with Crippen LogP contribution in [0, 0.1) is 37.0 Å². The van der Waals surface area contributed by atoms with E-state index in [4.69, 9.17) is 19.3 Å². The van der Waals surface area contributed by atoms with Crippen molar-refractivity contribution in [1.29, 1.82) is 0 Å². The fourth-order valence-corrected chi connectivity index (χ4v) is 1.17. The van der Waals surface area contributed by atoms with Gasteiger partial charge in [0, 0.05) is 6.20 Å². The molecule has 1 rings (SSSR count). The Labute approximate surface area is 84.4 Å². The van der Waals surface area contributed by atoms with Crippen LogP contribution < -0.4 is 0 Å². The lowest BCUT2D eigenvalue weighted by molar-refractivity contribution is 0.781. The van der Waals surface area contributed by atoms with Crippen LogP contribution in [-0.2, 0) is 19.4 Å². The first-order valence-corrected chi connectivity index (χ1v) is 4.17. The average Bonchev–Trinajstić information content (AvgIpc) is 2.50.